The van der Waals surface area contributed by atoms with Crippen LogP contribution in [0.25, 0.3) is 22.2 Å². The number of alkyl halides is 6. The molecule has 0 spiro atoms. The summed E-state index contributed by atoms with van der Waals surface area (Å²) in [5, 5.41) is 9.31. The average Bonchev–Trinajstić information content (AvgIpc) is 2.95. The normalized spacial score (nSPS) is 12.5. The number of carboxylic acid groups (broad SMARTS) is 1. The van der Waals surface area contributed by atoms with Crippen LogP contribution in [-0.4, -0.2) is 16.1 Å². The van der Waals surface area contributed by atoms with E-state index in [0.717, 1.165) is 0 Å². The number of fused-ring (bicyclic) bond motifs is 1. The van der Waals surface area contributed by atoms with Gasteiger partial charge >= 0.3 is 18.3 Å². The first kappa shape index (κ1) is 17.8. The number of rotatable bonds is 2. The SMILES string of the molecule is O=C(O)c1ccc2[nH]c(-c3cc(C(F)(F)F)cc(C(F)(F)F)c3)cc2c1. The molecule has 3 aromatic rings. The van der Waals surface area contributed by atoms with E-state index >= 15 is 0 Å². The molecule has 3 rings (SSSR count). The summed E-state index contributed by atoms with van der Waals surface area (Å²) in [5.41, 5.74) is -2.81. The number of carboxylic acids is 1. The molecule has 2 aromatic carbocycles. The molecule has 1 aromatic heterocycles. The van der Waals surface area contributed by atoms with Gasteiger partial charge in [-0.15, -0.1) is 0 Å². The fourth-order valence-corrected chi connectivity index (χ4v) is 2.53. The number of H-pyrrole nitrogens is 1. The third-order valence-corrected chi connectivity index (χ3v) is 3.77. The largest absolute Gasteiger partial charge is 0.478 e. The number of nitrogens with one attached hydrogen (secondary N) is 1. The van der Waals surface area contributed by atoms with Gasteiger partial charge in [0.2, 0.25) is 0 Å². The Morgan fingerprint density at radius 3 is 1.92 bits per heavy atom. The molecule has 0 radical (unpaired) electrons. The zero-order chi connectivity index (χ0) is 19.3. The summed E-state index contributed by atoms with van der Waals surface area (Å²) in [6.07, 6.45) is -9.89. The first-order valence-electron chi connectivity index (χ1n) is 7.11. The van der Waals surface area contributed by atoms with Crippen molar-refractivity contribution in [2.24, 2.45) is 0 Å². The third-order valence-electron chi connectivity index (χ3n) is 3.77. The highest BCUT2D eigenvalue weighted by Gasteiger charge is 2.37. The molecule has 0 aliphatic heterocycles. The predicted octanol–water partition coefficient (Wildman–Crippen LogP) is 5.57. The van der Waals surface area contributed by atoms with E-state index in [9.17, 15) is 31.1 Å². The summed E-state index contributed by atoms with van der Waals surface area (Å²) >= 11 is 0. The Kier molecular flexibility index (Phi) is 3.97. The summed E-state index contributed by atoms with van der Waals surface area (Å²) in [4.78, 5) is 13.7. The minimum atomic E-state index is -4.95. The maximum absolute atomic E-state index is 13.0. The Morgan fingerprint density at radius 2 is 1.42 bits per heavy atom. The highest BCUT2D eigenvalue weighted by Crippen LogP contribution is 2.39. The Morgan fingerprint density at radius 1 is 0.846 bits per heavy atom. The molecule has 0 saturated carbocycles. The van der Waals surface area contributed by atoms with Crippen LogP contribution in [0.2, 0.25) is 0 Å². The van der Waals surface area contributed by atoms with E-state index < -0.39 is 29.4 Å². The van der Waals surface area contributed by atoms with Crippen LogP contribution < -0.4 is 0 Å². The van der Waals surface area contributed by atoms with Crippen molar-refractivity contribution in [3.63, 3.8) is 0 Å². The lowest BCUT2D eigenvalue weighted by molar-refractivity contribution is -0.143. The molecule has 0 bridgehead atoms. The maximum Gasteiger partial charge on any atom is 0.416 e. The van der Waals surface area contributed by atoms with Crippen molar-refractivity contribution in [2.45, 2.75) is 12.4 Å². The number of benzene rings is 2. The molecule has 0 fully saturated rings. The number of hydrogen-bond donors (Lipinski definition) is 2. The molecule has 0 saturated heterocycles. The molecule has 136 valence electrons. The van der Waals surface area contributed by atoms with Crippen LogP contribution in [0.1, 0.15) is 21.5 Å². The van der Waals surface area contributed by atoms with Crippen molar-refractivity contribution in [2.75, 3.05) is 0 Å². The lowest BCUT2D eigenvalue weighted by atomic mass is 10.0. The fourth-order valence-electron chi connectivity index (χ4n) is 2.53. The smallest absolute Gasteiger partial charge is 0.416 e. The topological polar surface area (TPSA) is 53.1 Å². The highest BCUT2D eigenvalue weighted by atomic mass is 19.4. The van der Waals surface area contributed by atoms with Gasteiger partial charge in [0.15, 0.2) is 0 Å². The van der Waals surface area contributed by atoms with Gasteiger partial charge in [-0.1, -0.05) is 0 Å². The van der Waals surface area contributed by atoms with Gasteiger partial charge in [-0.05, 0) is 48.0 Å². The van der Waals surface area contributed by atoms with Crippen LogP contribution in [0.4, 0.5) is 26.3 Å². The third kappa shape index (κ3) is 3.37. The van der Waals surface area contributed by atoms with E-state index in [4.69, 9.17) is 5.11 Å². The minimum absolute atomic E-state index is 0.0131. The van der Waals surface area contributed by atoms with Gasteiger partial charge in [0, 0.05) is 16.6 Å². The summed E-state index contributed by atoms with van der Waals surface area (Å²) in [6, 6.07) is 6.51. The molecule has 9 heteroatoms. The van der Waals surface area contributed by atoms with Gasteiger partial charge in [0.05, 0.1) is 16.7 Å². The van der Waals surface area contributed by atoms with Crippen LogP contribution in [0.5, 0.6) is 0 Å². The van der Waals surface area contributed by atoms with E-state index in [1.165, 1.54) is 24.3 Å². The van der Waals surface area contributed by atoms with E-state index in [1.807, 2.05) is 0 Å². The monoisotopic (exact) mass is 373 g/mol. The molecule has 0 aliphatic rings. The molecule has 26 heavy (non-hydrogen) atoms. The fraction of sp³-hybridized carbons (Fsp3) is 0.118. The summed E-state index contributed by atoms with van der Waals surface area (Å²) in [7, 11) is 0. The second-order valence-electron chi connectivity index (χ2n) is 5.58. The first-order valence-corrected chi connectivity index (χ1v) is 7.11. The van der Waals surface area contributed by atoms with Crippen LogP contribution in [0, 0.1) is 0 Å². The molecule has 0 aliphatic carbocycles. The summed E-state index contributed by atoms with van der Waals surface area (Å²) in [6.45, 7) is 0. The van der Waals surface area contributed by atoms with Gasteiger partial charge < -0.3 is 10.1 Å². The number of halogens is 6. The Bertz CT molecular complexity index is 968. The number of aromatic carboxylic acids is 1. The summed E-state index contributed by atoms with van der Waals surface area (Å²) in [5.74, 6) is -1.20. The lowest BCUT2D eigenvalue weighted by Crippen LogP contribution is -2.11. The number of aromatic nitrogens is 1. The zero-order valence-corrected chi connectivity index (χ0v) is 12.7. The van der Waals surface area contributed by atoms with Gasteiger partial charge in [0.1, 0.15) is 0 Å². The van der Waals surface area contributed by atoms with Crippen molar-refractivity contribution in [1.29, 1.82) is 0 Å². The molecule has 0 amide bonds. The van der Waals surface area contributed by atoms with Gasteiger partial charge in [-0.3, -0.25) is 0 Å². The zero-order valence-electron chi connectivity index (χ0n) is 12.7. The van der Waals surface area contributed by atoms with E-state index in [1.54, 1.807) is 0 Å². The van der Waals surface area contributed by atoms with Gasteiger partial charge in [0.25, 0.3) is 0 Å². The molecular formula is C17H9F6NO2. The lowest BCUT2D eigenvalue weighted by Gasteiger charge is -2.13. The van der Waals surface area contributed by atoms with Crippen molar-refractivity contribution in [3.05, 3.63) is 59.2 Å². The average molecular weight is 373 g/mol. The molecule has 2 N–H and O–H groups in total. The summed E-state index contributed by atoms with van der Waals surface area (Å²) < 4.78 is 77.7. The number of carbonyl (C=O) groups is 1. The second kappa shape index (κ2) is 5.79. The Labute approximate surface area is 141 Å². The predicted molar refractivity (Wildman–Crippen MR) is 80.7 cm³/mol. The van der Waals surface area contributed by atoms with Crippen molar-refractivity contribution < 1.29 is 36.2 Å². The van der Waals surface area contributed by atoms with Crippen LogP contribution in [0.3, 0.4) is 0 Å². The van der Waals surface area contributed by atoms with Crippen LogP contribution >= 0.6 is 0 Å². The quantitative estimate of drug-likeness (QED) is 0.577. The van der Waals surface area contributed by atoms with Crippen LogP contribution in [-0.2, 0) is 12.4 Å². The van der Waals surface area contributed by atoms with Gasteiger partial charge in [-0.2, -0.15) is 26.3 Å². The van der Waals surface area contributed by atoms with Crippen LogP contribution in [0.15, 0.2) is 42.5 Å². The van der Waals surface area contributed by atoms with E-state index in [2.05, 4.69) is 4.98 Å². The standard InChI is InChI=1S/C17H9F6NO2/c18-16(19,20)11-4-10(5-12(7-11)17(21,22)23)14-6-9-3-8(15(25)26)1-2-13(9)24-14/h1-7,24H,(H,25,26). The molecular weight excluding hydrogens is 364 g/mol. The van der Waals surface area contributed by atoms with Crippen molar-refractivity contribution in [3.8, 4) is 11.3 Å². The Balaban J connectivity index is 2.19. The molecule has 3 nitrogen and oxygen atoms in total. The van der Waals surface area contributed by atoms with E-state index in [-0.39, 0.29) is 22.9 Å². The van der Waals surface area contributed by atoms with Gasteiger partial charge in [-0.25, -0.2) is 4.79 Å². The first-order chi connectivity index (χ1) is 11.9. The Hall–Kier alpha value is -2.97. The van der Waals surface area contributed by atoms with E-state index in [0.29, 0.717) is 23.0 Å². The number of aromatic amines is 1. The minimum Gasteiger partial charge on any atom is -0.478 e. The highest BCUT2D eigenvalue weighted by molar-refractivity contribution is 5.95. The molecule has 0 unspecified atom stereocenters. The maximum atomic E-state index is 13.0. The number of hydrogen-bond acceptors (Lipinski definition) is 1. The molecule has 0 atom stereocenters. The second-order valence-corrected chi connectivity index (χ2v) is 5.58. The van der Waals surface area contributed by atoms with Crippen molar-refractivity contribution >= 4 is 16.9 Å². The molecule has 1 heterocycles. The van der Waals surface area contributed by atoms with Crippen molar-refractivity contribution in [1.82, 2.24) is 4.98 Å².